The Morgan fingerprint density at radius 3 is 2.42 bits per heavy atom. The van der Waals surface area contributed by atoms with Crippen LogP contribution in [0.5, 0.6) is 0 Å². The number of anilines is 1. The molecule has 2 heterocycles. The molecule has 2 aromatic carbocycles. The first-order chi connectivity index (χ1) is 15.0. The first-order valence-electron chi connectivity index (χ1n) is 9.83. The summed E-state index contributed by atoms with van der Waals surface area (Å²) in [4.78, 5) is 25.4. The second kappa shape index (κ2) is 8.57. The minimum atomic E-state index is -1.23. The van der Waals surface area contributed by atoms with Crippen molar-refractivity contribution in [2.75, 3.05) is 19.5 Å². The number of rotatable bonds is 7. The molecule has 0 fully saturated rings. The zero-order valence-electron chi connectivity index (χ0n) is 17.1. The lowest BCUT2D eigenvalue weighted by atomic mass is 9.79. The van der Waals surface area contributed by atoms with Crippen LogP contribution in [0.25, 0.3) is 0 Å². The van der Waals surface area contributed by atoms with Crippen LogP contribution in [0.4, 0.5) is 5.69 Å². The maximum Gasteiger partial charge on any atom is 0.337 e. The van der Waals surface area contributed by atoms with Crippen LogP contribution < -0.4 is 5.32 Å². The molecule has 160 valence electrons. The third-order valence-corrected chi connectivity index (χ3v) is 5.96. The summed E-state index contributed by atoms with van der Waals surface area (Å²) in [5.41, 5.74) is 0.801. The highest BCUT2D eigenvalue weighted by molar-refractivity contribution is 6.31. The molecule has 2 aliphatic rings. The van der Waals surface area contributed by atoms with Crippen LogP contribution in [0, 0.1) is 0 Å². The smallest absolute Gasteiger partial charge is 0.337 e. The lowest BCUT2D eigenvalue weighted by molar-refractivity contribution is -0.139. The molecular formula is C24H22ClNO5. The van der Waals surface area contributed by atoms with Gasteiger partial charge in [-0.3, -0.25) is 0 Å². The molecule has 3 unspecified atom stereocenters. The predicted octanol–water partition coefficient (Wildman–Crippen LogP) is 3.71. The van der Waals surface area contributed by atoms with E-state index in [1.807, 2.05) is 60.7 Å². The molecule has 7 heteroatoms. The van der Waals surface area contributed by atoms with Gasteiger partial charge in [0.15, 0.2) is 0 Å². The van der Waals surface area contributed by atoms with Crippen LogP contribution in [0.15, 0.2) is 77.9 Å². The molecular weight excluding hydrogens is 418 g/mol. The van der Waals surface area contributed by atoms with Crippen molar-refractivity contribution >= 4 is 29.2 Å². The number of halogens is 1. The summed E-state index contributed by atoms with van der Waals surface area (Å²) in [5, 5.41) is 4.08. The van der Waals surface area contributed by atoms with Gasteiger partial charge in [0.25, 0.3) is 0 Å². The third-order valence-electron chi connectivity index (χ3n) is 5.59. The number of fused-ring (bicyclic) bond motifs is 2. The normalized spacial score (nSPS) is 22.4. The summed E-state index contributed by atoms with van der Waals surface area (Å²) in [5.74, 6) is -1.25. The summed E-state index contributed by atoms with van der Waals surface area (Å²) >= 11 is 6.44. The van der Waals surface area contributed by atoms with Crippen LogP contribution in [0.3, 0.4) is 0 Å². The fraction of sp³-hybridized carbons (Fsp3) is 0.250. The van der Waals surface area contributed by atoms with Gasteiger partial charge in [0.1, 0.15) is 11.7 Å². The number of methoxy groups -OCH3 is 2. The van der Waals surface area contributed by atoms with Crippen LogP contribution in [-0.2, 0) is 30.2 Å². The van der Waals surface area contributed by atoms with E-state index in [0.29, 0.717) is 11.4 Å². The van der Waals surface area contributed by atoms with Crippen molar-refractivity contribution in [3.8, 4) is 0 Å². The monoisotopic (exact) mass is 439 g/mol. The van der Waals surface area contributed by atoms with E-state index < -0.39 is 29.7 Å². The fourth-order valence-corrected chi connectivity index (χ4v) is 4.38. The highest BCUT2D eigenvalue weighted by Crippen LogP contribution is 2.47. The molecule has 3 atom stereocenters. The molecule has 0 saturated heterocycles. The number of carbonyl (C=O) groups excluding carboxylic acids is 2. The topological polar surface area (TPSA) is 73.9 Å². The van der Waals surface area contributed by atoms with Crippen molar-refractivity contribution in [3.63, 3.8) is 0 Å². The standard InChI is InChI=1S/C24H22ClNO5/c1-29-22(27)20-18-12-13-24(31-18,21(20)23(28)30-2)19(26-16-9-4-3-5-10-16)14-15-8-6-7-11-17(15)25/h3-13,18-19,26H,14H2,1-2H3. The first kappa shape index (κ1) is 21.2. The second-order valence-corrected chi connectivity index (χ2v) is 7.73. The summed E-state index contributed by atoms with van der Waals surface area (Å²) in [6.45, 7) is 0. The molecule has 2 aliphatic heterocycles. The molecule has 31 heavy (non-hydrogen) atoms. The fourth-order valence-electron chi connectivity index (χ4n) is 4.17. The van der Waals surface area contributed by atoms with Crippen LogP contribution in [0.1, 0.15) is 5.56 Å². The first-order valence-corrected chi connectivity index (χ1v) is 10.2. The molecule has 0 radical (unpaired) electrons. The van der Waals surface area contributed by atoms with Crippen molar-refractivity contribution in [1.82, 2.24) is 0 Å². The second-order valence-electron chi connectivity index (χ2n) is 7.32. The van der Waals surface area contributed by atoms with Gasteiger partial charge in [0.05, 0.1) is 31.4 Å². The van der Waals surface area contributed by atoms with Crippen LogP contribution in [0.2, 0.25) is 5.02 Å². The third kappa shape index (κ3) is 3.73. The molecule has 6 nitrogen and oxygen atoms in total. The molecule has 0 spiro atoms. The molecule has 2 aromatic rings. The highest BCUT2D eigenvalue weighted by atomic mass is 35.5. The maximum atomic E-state index is 12.9. The van der Waals surface area contributed by atoms with Gasteiger partial charge in [-0.2, -0.15) is 0 Å². The van der Waals surface area contributed by atoms with Gasteiger partial charge in [-0.15, -0.1) is 0 Å². The Labute approximate surface area is 185 Å². The average molecular weight is 440 g/mol. The average Bonchev–Trinajstić information content (AvgIpc) is 3.38. The zero-order valence-corrected chi connectivity index (χ0v) is 17.9. The molecule has 4 rings (SSSR count). The molecule has 0 aliphatic carbocycles. The Morgan fingerprint density at radius 1 is 1.06 bits per heavy atom. The van der Waals surface area contributed by atoms with Crippen molar-refractivity contribution in [1.29, 1.82) is 0 Å². The highest BCUT2D eigenvalue weighted by Gasteiger charge is 2.58. The van der Waals surface area contributed by atoms with E-state index in [4.69, 9.17) is 25.8 Å². The van der Waals surface area contributed by atoms with Gasteiger partial charge in [-0.05, 0) is 36.3 Å². The molecule has 1 N–H and O–H groups in total. The minimum absolute atomic E-state index is 0.148. The van der Waals surface area contributed by atoms with Gasteiger partial charge in [-0.1, -0.05) is 54.1 Å². The van der Waals surface area contributed by atoms with Crippen molar-refractivity contribution in [3.05, 3.63) is 88.5 Å². The quantitative estimate of drug-likeness (QED) is 0.523. The Balaban J connectivity index is 1.83. The Morgan fingerprint density at radius 2 is 1.74 bits per heavy atom. The zero-order chi connectivity index (χ0) is 22.0. The lowest BCUT2D eigenvalue weighted by Crippen LogP contribution is -2.49. The Bertz CT molecular complexity index is 1060. The van der Waals surface area contributed by atoms with E-state index >= 15 is 0 Å². The van der Waals surface area contributed by atoms with Crippen LogP contribution in [-0.4, -0.2) is 43.9 Å². The van der Waals surface area contributed by atoms with E-state index in [1.165, 1.54) is 14.2 Å². The van der Waals surface area contributed by atoms with E-state index in [2.05, 4.69) is 5.32 Å². The summed E-state index contributed by atoms with van der Waals surface area (Å²) in [7, 11) is 2.55. The number of benzene rings is 2. The Hall–Kier alpha value is -3.09. The maximum absolute atomic E-state index is 12.9. The van der Waals surface area contributed by atoms with Gasteiger partial charge in [-0.25, -0.2) is 9.59 Å². The number of ether oxygens (including phenoxy) is 3. The van der Waals surface area contributed by atoms with E-state index in [-0.39, 0.29) is 11.1 Å². The lowest BCUT2D eigenvalue weighted by Gasteiger charge is -2.36. The molecule has 0 aromatic heterocycles. The van der Waals surface area contributed by atoms with Crippen molar-refractivity contribution in [2.45, 2.75) is 24.2 Å². The Kier molecular flexibility index (Phi) is 5.85. The van der Waals surface area contributed by atoms with Gasteiger partial charge in [0.2, 0.25) is 0 Å². The SMILES string of the molecule is COC(=O)C1=C(C(=O)OC)C2(C(Cc3ccccc3Cl)Nc3ccccc3)C=CC1O2. The number of carbonyl (C=O) groups is 2. The minimum Gasteiger partial charge on any atom is -0.466 e. The number of hydrogen-bond donors (Lipinski definition) is 1. The van der Waals surface area contributed by atoms with Crippen LogP contribution >= 0.6 is 11.6 Å². The summed E-state index contributed by atoms with van der Waals surface area (Å²) in [6.07, 6.45) is 3.33. The number of nitrogens with one attached hydrogen (secondary N) is 1. The van der Waals surface area contributed by atoms with Gasteiger partial charge >= 0.3 is 11.9 Å². The van der Waals surface area contributed by atoms with E-state index in [0.717, 1.165) is 11.3 Å². The summed E-state index contributed by atoms with van der Waals surface area (Å²) < 4.78 is 16.3. The van der Waals surface area contributed by atoms with E-state index in [9.17, 15) is 9.59 Å². The number of hydrogen-bond acceptors (Lipinski definition) is 6. The number of esters is 2. The number of para-hydroxylation sites is 1. The molecule has 0 amide bonds. The van der Waals surface area contributed by atoms with Gasteiger partial charge < -0.3 is 19.5 Å². The molecule has 0 saturated carbocycles. The summed E-state index contributed by atoms with van der Waals surface area (Å²) in [6, 6.07) is 16.6. The van der Waals surface area contributed by atoms with Crippen molar-refractivity contribution < 1.29 is 23.8 Å². The van der Waals surface area contributed by atoms with Gasteiger partial charge in [0, 0.05) is 10.7 Å². The van der Waals surface area contributed by atoms with E-state index in [1.54, 1.807) is 6.08 Å². The largest absolute Gasteiger partial charge is 0.466 e. The molecule has 2 bridgehead atoms. The predicted molar refractivity (Wildman–Crippen MR) is 117 cm³/mol. The van der Waals surface area contributed by atoms with Crippen molar-refractivity contribution in [2.24, 2.45) is 0 Å².